The summed E-state index contributed by atoms with van der Waals surface area (Å²) in [7, 11) is 0. The maximum Gasteiger partial charge on any atom is 0.287 e. The minimum absolute atomic E-state index is 0.0570. The van der Waals surface area contributed by atoms with Crippen LogP contribution in [0.5, 0.6) is 0 Å². The second-order valence-electron chi connectivity index (χ2n) is 5.64. The summed E-state index contributed by atoms with van der Waals surface area (Å²) < 4.78 is 0.976. The molecule has 0 fully saturated rings. The zero-order valence-electron chi connectivity index (χ0n) is 13.7. The Morgan fingerprint density at radius 3 is 2.50 bits per heavy atom. The second-order valence-corrected chi connectivity index (χ2v) is 6.42. The summed E-state index contributed by atoms with van der Waals surface area (Å²) >= 11 is 11.5. The van der Waals surface area contributed by atoms with Crippen molar-refractivity contribution in [1.82, 2.24) is 9.78 Å². The van der Waals surface area contributed by atoms with Crippen LogP contribution in [0.4, 0.5) is 5.69 Å². The van der Waals surface area contributed by atoms with Crippen LogP contribution in [0.2, 0.25) is 10.0 Å². The highest BCUT2D eigenvalue weighted by atomic mass is 35.5. The Morgan fingerprint density at radius 1 is 1.04 bits per heavy atom. The Hall–Kier alpha value is -2.63. The fourth-order valence-electron chi connectivity index (χ4n) is 2.50. The van der Waals surface area contributed by atoms with Gasteiger partial charge < -0.3 is 5.32 Å². The average Bonchev–Trinajstić information content (AvgIpc) is 2.65. The smallest absolute Gasteiger partial charge is 0.287 e. The van der Waals surface area contributed by atoms with Crippen molar-refractivity contribution in [3.05, 3.63) is 92.3 Å². The van der Waals surface area contributed by atoms with E-state index in [0.717, 1.165) is 15.8 Å². The summed E-state index contributed by atoms with van der Waals surface area (Å²) in [6.45, 7) is -0.255. The van der Waals surface area contributed by atoms with Gasteiger partial charge in [-0.1, -0.05) is 71.7 Å². The normalized spacial score (nSPS) is 10.5. The Bertz CT molecular complexity index is 988. The van der Waals surface area contributed by atoms with Gasteiger partial charge in [-0.2, -0.15) is 5.10 Å². The van der Waals surface area contributed by atoms with Gasteiger partial charge in [-0.15, -0.1) is 0 Å². The van der Waals surface area contributed by atoms with Crippen molar-refractivity contribution in [2.45, 2.75) is 13.0 Å². The van der Waals surface area contributed by atoms with E-state index in [1.807, 2.05) is 54.6 Å². The van der Waals surface area contributed by atoms with Crippen LogP contribution < -0.4 is 10.9 Å². The van der Waals surface area contributed by atoms with Gasteiger partial charge in [0.05, 0.1) is 11.2 Å². The molecule has 0 aliphatic rings. The third kappa shape index (κ3) is 4.31. The lowest BCUT2D eigenvalue weighted by atomic mass is 10.0. The lowest BCUT2D eigenvalue weighted by Gasteiger charge is -2.12. The van der Waals surface area contributed by atoms with Crippen molar-refractivity contribution < 1.29 is 4.79 Å². The molecule has 1 N–H and O–H groups in total. The Balaban J connectivity index is 1.76. The van der Waals surface area contributed by atoms with Crippen LogP contribution >= 0.6 is 23.2 Å². The first-order valence-corrected chi connectivity index (χ1v) is 8.63. The number of hydrogen-bond acceptors (Lipinski definition) is 3. The molecular formula is C19H15Cl2N3O2. The zero-order chi connectivity index (χ0) is 18.5. The lowest BCUT2D eigenvalue weighted by molar-refractivity contribution is -0.117. The maximum absolute atomic E-state index is 12.3. The monoisotopic (exact) mass is 387 g/mol. The third-order valence-corrected chi connectivity index (χ3v) is 4.51. The van der Waals surface area contributed by atoms with E-state index < -0.39 is 5.56 Å². The van der Waals surface area contributed by atoms with Crippen molar-refractivity contribution in [2.24, 2.45) is 0 Å². The first kappa shape index (κ1) is 18.2. The molecule has 0 radical (unpaired) electrons. The van der Waals surface area contributed by atoms with Crippen LogP contribution in [0, 0.1) is 0 Å². The zero-order valence-corrected chi connectivity index (χ0v) is 15.2. The highest BCUT2D eigenvalue weighted by Crippen LogP contribution is 2.19. The summed E-state index contributed by atoms with van der Waals surface area (Å²) in [4.78, 5) is 24.3. The van der Waals surface area contributed by atoms with Crippen molar-refractivity contribution >= 4 is 34.8 Å². The van der Waals surface area contributed by atoms with E-state index in [9.17, 15) is 9.59 Å². The number of benzene rings is 2. The van der Waals surface area contributed by atoms with Gasteiger partial charge in [0.15, 0.2) is 0 Å². The molecule has 2 aromatic carbocycles. The van der Waals surface area contributed by atoms with Crippen LogP contribution in [-0.4, -0.2) is 15.7 Å². The number of nitrogens with one attached hydrogen (secondary N) is 1. The van der Waals surface area contributed by atoms with Crippen LogP contribution in [0.15, 0.2) is 65.6 Å². The largest absolute Gasteiger partial charge is 0.324 e. The van der Waals surface area contributed by atoms with Gasteiger partial charge in [0.1, 0.15) is 11.6 Å². The van der Waals surface area contributed by atoms with E-state index in [4.69, 9.17) is 23.2 Å². The molecule has 0 saturated heterocycles. The van der Waals surface area contributed by atoms with E-state index in [2.05, 4.69) is 10.4 Å². The van der Waals surface area contributed by atoms with E-state index >= 15 is 0 Å². The van der Waals surface area contributed by atoms with Crippen LogP contribution in [0.1, 0.15) is 11.1 Å². The molecule has 0 aliphatic carbocycles. The molecule has 0 saturated carbocycles. The van der Waals surface area contributed by atoms with Gasteiger partial charge in [-0.05, 0) is 23.6 Å². The number of rotatable bonds is 5. The van der Waals surface area contributed by atoms with Gasteiger partial charge >= 0.3 is 0 Å². The van der Waals surface area contributed by atoms with Gasteiger partial charge in [-0.3, -0.25) is 9.59 Å². The number of carbonyl (C=O) groups excluding carboxylic acids is 1. The predicted molar refractivity (Wildman–Crippen MR) is 103 cm³/mol. The summed E-state index contributed by atoms with van der Waals surface area (Å²) in [6.07, 6.45) is 1.92. The van der Waals surface area contributed by atoms with E-state index in [1.54, 1.807) is 0 Å². The lowest BCUT2D eigenvalue weighted by Crippen LogP contribution is -2.30. The van der Waals surface area contributed by atoms with Crippen molar-refractivity contribution in [3.8, 4) is 0 Å². The topological polar surface area (TPSA) is 64.0 Å². The molecular weight excluding hydrogens is 373 g/mol. The average molecular weight is 388 g/mol. The molecule has 0 aliphatic heterocycles. The molecule has 1 aromatic heterocycles. The molecule has 3 aromatic rings. The van der Waals surface area contributed by atoms with Gasteiger partial charge in [-0.25, -0.2) is 4.68 Å². The number of carbonyl (C=O) groups is 1. The first-order chi connectivity index (χ1) is 12.5. The summed E-state index contributed by atoms with van der Waals surface area (Å²) in [5.74, 6) is -0.376. The first-order valence-electron chi connectivity index (χ1n) is 7.87. The molecule has 132 valence electrons. The van der Waals surface area contributed by atoms with Crippen molar-refractivity contribution in [2.75, 3.05) is 5.32 Å². The molecule has 0 unspecified atom stereocenters. The third-order valence-electron chi connectivity index (χ3n) is 3.76. The van der Waals surface area contributed by atoms with Crippen molar-refractivity contribution in [3.63, 3.8) is 0 Å². The summed E-state index contributed by atoms with van der Waals surface area (Å²) in [5, 5.41) is 6.57. The number of hydrogen-bond donors (Lipinski definition) is 1. The number of nitrogens with zero attached hydrogens (tertiary/aromatic N) is 2. The minimum Gasteiger partial charge on any atom is -0.324 e. The van der Waals surface area contributed by atoms with E-state index in [0.29, 0.717) is 12.1 Å². The number of aromatic nitrogens is 2. The van der Waals surface area contributed by atoms with Gasteiger partial charge in [0.25, 0.3) is 5.56 Å². The summed E-state index contributed by atoms with van der Waals surface area (Å²) in [6, 6.07) is 17.5. The fraction of sp³-hybridized carbons (Fsp3) is 0.105. The van der Waals surface area contributed by atoms with Gasteiger partial charge in [0, 0.05) is 5.69 Å². The SMILES string of the molecule is O=C(Cn1ncc(Cl)c(Cl)c1=O)Nc1ccccc1Cc1ccccc1. The van der Waals surface area contributed by atoms with Crippen LogP contribution in [0.25, 0.3) is 0 Å². The Kier molecular flexibility index (Phi) is 5.71. The molecule has 3 rings (SSSR count). The number of halogens is 2. The molecule has 7 heteroatoms. The molecule has 0 spiro atoms. The maximum atomic E-state index is 12.3. The Labute approximate surface area is 160 Å². The molecule has 1 heterocycles. The molecule has 0 bridgehead atoms. The highest BCUT2D eigenvalue weighted by molar-refractivity contribution is 6.41. The highest BCUT2D eigenvalue weighted by Gasteiger charge is 2.12. The van der Waals surface area contributed by atoms with E-state index in [-0.39, 0.29) is 22.5 Å². The van der Waals surface area contributed by atoms with Crippen LogP contribution in [0.3, 0.4) is 0 Å². The van der Waals surface area contributed by atoms with Crippen LogP contribution in [-0.2, 0) is 17.8 Å². The Morgan fingerprint density at radius 2 is 1.73 bits per heavy atom. The van der Waals surface area contributed by atoms with E-state index in [1.165, 1.54) is 6.20 Å². The quantitative estimate of drug-likeness (QED) is 0.724. The van der Waals surface area contributed by atoms with Crippen molar-refractivity contribution in [1.29, 1.82) is 0 Å². The second kappa shape index (κ2) is 8.17. The summed E-state index contributed by atoms with van der Waals surface area (Å²) in [5.41, 5.74) is 2.19. The molecule has 5 nitrogen and oxygen atoms in total. The number of amides is 1. The van der Waals surface area contributed by atoms with Gasteiger partial charge in [0.2, 0.25) is 5.91 Å². The molecule has 0 atom stereocenters. The standard InChI is InChI=1S/C19H15Cl2N3O2/c20-15-11-22-24(19(26)18(15)21)12-17(25)23-16-9-5-4-8-14(16)10-13-6-2-1-3-7-13/h1-9,11H,10,12H2,(H,23,25). The fourth-order valence-corrected chi connectivity index (χ4v) is 2.77. The molecule has 1 amide bonds. The molecule has 26 heavy (non-hydrogen) atoms. The number of para-hydroxylation sites is 1. The number of anilines is 1. The minimum atomic E-state index is -0.605. The predicted octanol–water partition coefficient (Wildman–Crippen LogP) is 3.78.